The number of hydrogen-bond acceptors (Lipinski definition) is 2. The molecule has 0 aliphatic carbocycles. The van der Waals surface area contributed by atoms with E-state index in [-0.39, 0.29) is 12.1 Å². The van der Waals surface area contributed by atoms with Gasteiger partial charge in [-0.1, -0.05) is 29.8 Å². The molecule has 1 fully saturated rings. The van der Waals surface area contributed by atoms with Gasteiger partial charge in [0.1, 0.15) is 6.04 Å². The van der Waals surface area contributed by atoms with E-state index in [9.17, 15) is 22.8 Å². The molecule has 2 aliphatic rings. The van der Waals surface area contributed by atoms with E-state index in [1.54, 1.807) is 0 Å². The Morgan fingerprint density at radius 2 is 1.84 bits per heavy atom. The topological polar surface area (TPSA) is 56.4 Å². The van der Waals surface area contributed by atoms with Gasteiger partial charge in [0.25, 0.3) is 5.91 Å². The van der Waals surface area contributed by atoms with Gasteiger partial charge in [0.05, 0.1) is 21.8 Å². The molecule has 0 bridgehead atoms. The molecule has 1 aromatic heterocycles. The summed E-state index contributed by atoms with van der Waals surface area (Å²) in [5.74, 6) is -0.551. The number of carbonyl (C=O) groups excluding carboxylic acids is 2. The third kappa shape index (κ3) is 2.70. The van der Waals surface area contributed by atoms with E-state index in [1.807, 2.05) is 38.1 Å². The zero-order chi connectivity index (χ0) is 22.3. The molecule has 5 rings (SSSR count). The quantitative estimate of drug-likeness (QED) is 0.503. The lowest BCUT2D eigenvalue weighted by Crippen LogP contribution is -2.52. The van der Waals surface area contributed by atoms with Crippen LogP contribution in [0.3, 0.4) is 0 Å². The van der Waals surface area contributed by atoms with Gasteiger partial charge in [-0.25, -0.2) is 9.69 Å². The Labute approximate surface area is 180 Å². The van der Waals surface area contributed by atoms with Crippen LogP contribution in [0, 0.1) is 0 Å². The number of aromatic amines is 1. The first-order valence-corrected chi connectivity index (χ1v) is 10.0. The standard InChI is InChI=1S/C22H17ClF3N3O2/c1-21(2)18-13(12-5-3-4-6-16(12)27-18)10-17-19(30)28(20(31)29(17)21)11-7-8-15(23)14(9-11)22(24,25)26/h3-9,17,27H,10H2,1-2H3/t17-/m1/s1. The fourth-order valence-corrected chi connectivity index (χ4v) is 4.98. The van der Waals surface area contributed by atoms with E-state index in [0.29, 0.717) is 0 Å². The smallest absolute Gasteiger partial charge is 0.356 e. The number of nitrogens with zero attached hydrogens (tertiary/aromatic N) is 2. The van der Waals surface area contributed by atoms with E-state index >= 15 is 0 Å². The number of nitrogens with one attached hydrogen (secondary N) is 1. The van der Waals surface area contributed by atoms with Gasteiger partial charge in [0, 0.05) is 23.0 Å². The number of benzene rings is 2. The molecular weight excluding hydrogens is 431 g/mol. The summed E-state index contributed by atoms with van der Waals surface area (Å²) >= 11 is 5.71. The van der Waals surface area contributed by atoms with Crippen LogP contribution in [0.5, 0.6) is 0 Å². The Morgan fingerprint density at radius 1 is 1.13 bits per heavy atom. The second-order valence-electron chi connectivity index (χ2n) is 8.29. The predicted octanol–water partition coefficient (Wildman–Crippen LogP) is 5.47. The first kappa shape index (κ1) is 19.9. The Hall–Kier alpha value is -3.00. The van der Waals surface area contributed by atoms with Crippen molar-refractivity contribution in [3.05, 3.63) is 64.3 Å². The first-order valence-electron chi connectivity index (χ1n) is 9.66. The van der Waals surface area contributed by atoms with Crippen LogP contribution in [0.2, 0.25) is 5.02 Å². The van der Waals surface area contributed by atoms with E-state index in [2.05, 4.69) is 4.98 Å². The summed E-state index contributed by atoms with van der Waals surface area (Å²) in [7, 11) is 0. The Bertz CT molecular complexity index is 1260. The van der Waals surface area contributed by atoms with Crippen molar-refractivity contribution >= 4 is 40.1 Å². The highest BCUT2D eigenvalue weighted by Gasteiger charge is 2.56. The number of alkyl halides is 3. The zero-order valence-electron chi connectivity index (χ0n) is 16.5. The molecule has 160 valence electrons. The molecule has 1 atom stereocenters. The number of carbonyl (C=O) groups is 2. The number of anilines is 1. The number of hydrogen-bond donors (Lipinski definition) is 1. The number of H-pyrrole nitrogens is 1. The summed E-state index contributed by atoms with van der Waals surface area (Å²) < 4.78 is 40.0. The van der Waals surface area contributed by atoms with Gasteiger partial charge in [-0.05, 0) is 43.7 Å². The van der Waals surface area contributed by atoms with Crippen molar-refractivity contribution in [3.63, 3.8) is 0 Å². The van der Waals surface area contributed by atoms with Crippen molar-refractivity contribution in [2.45, 2.75) is 38.0 Å². The highest BCUT2D eigenvalue weighted by atomic mass is 35.5. The first-order chi connectivity index (χ1) is 14.5. The van der Waals surface area contributed by atoms with Gasteiger partial charge >= 0.3 is 12.2 Å². The van der Waals surface area contributed by atoms with E-state index < -0.39 is 40.3 Å². The van der Waals surface area contributed by atoms with Crippen molar-refractivity contribution in [1.29, 1.82) is 0 Å². The number of imide groups is 1. The predicted molar refractivity (Wildman–Crippen MR) is 110 cm³/mol. The lowest BCUT2D eigenvalue weighted by Gasteiger charge is -2.42. The summed E-state index contributed by atoms with van der Waals surface area (Å²) in [6, 6.07) is 9.27. The van der Waals surface area contributed by atoms with Crippen LogP contribution in [0.15, 0.2) is 42.5 Å². The summed E-state index contributed by atoms with van der Waals surface area (Å²) in [4.78, 5) is 32.3. The fourth-order valence-electron chi connectivity index (χ4n) is 4.76. The number of halogens is 4. The molecule has 1 N–H and O–H groups in total. The number of rotatable bonds is 1. The van der Waals surface area contributed by atoms with Gasteiger partial charge < -0.3 is 9.88 Å². The highest BCUT2D eigenvalue weighted by molar-refractivity contribution is 6.31. The van der Waals surface area contributed by atoms with Crippen LogP contribution < -0.4 is 4.90 Å². The Kier molecular flexibility index (Phi) is 4.02. The molecule has 2 aliphatic heterocycles. The average molecular weight is 448 g/mol. The fraction of sp³-hybridized carbons (Fsp3) is 0.273. The van der Waals surface area contributed by atoms with Crippen LogP contribution >= 0.6 is 11.6 Å². The minimum absolute atomic E-state index is 0.148. The molecule has 3 heterocycles. The van der Waals surface area contributed by atoms with Crippen molar-refractivity contribution in [3.8, 4) is 0 Å². The summed E-state index contributed by atoms with van der Waals surface area (Å²) in [5.41, 5.74) is 0.568. The number of urea groups is 1. The molecule has 2 aromatic carbocycles. The number of para-hydroxylation sites is 1. The molecule has 0 radical (unpaired) electrons. The molecule has 31 heavy (non-hydrogen) atoms. The van der Waals surface area contributed by atoms with E-state index in [4.69, 9.17) is 11.6 Å². The molecule has 0 saturated carbocycles. The third-order valence-corrected chi connectivity index (χ3v) is 6.48. The molecule has 3 aromatic rings. The van der Waals surface area contributed by atoms with E-state index in [0.717, 1.165) is 39.2 Å². The molecule has 5 nitrogen and oxygen atoms in total. The van der Waals surface area contributed by atoms with Crippen molar-refractivity contribution in [1.82, 2.24) is 9.88 Å². The maximum absolute atomic E-state index is 13.3. The summed E-state index contributed by atoms with van der Waals surface area (Å²) in [6.07, 6.45) is -4.43. The largest absolute Gasteiger partial charge is 0.417 e. The molecular formula is C22H17ClF3N3O2. The highest BCUT2D eigenvalue weighted by Crippen LogP contribution is 2.46. The Morgan fingerprint density at radius 3 is 2.55 bits per heavy atom. The number of fused-ring (bicyclic) bond motifs is 4. The second kappa shape index (κ2) is 6.26. The second-order valence-corrected chi connectivity index (χ2v) is 8.70. The monoisotopic (exact) mass is 447 g/mol. The zero-order valence-corrected chi connectivity index (χ0v) is 17.3. The minimum atomic E-state index is -4.71. The van der Waals surface area contributed by atoms with Crippen LogP contribution in [0.4, 0.5) is 23.7 Å². The molecule has 0 spiro atoms. The Balaban J connectivity index is 1.62. The van der Waals surface area contributed by atoms with Crippen LogP contribution in [-0.2, 0) is 22.9 Å². The average Bonchev–Trinajstić information content (AvgIpc) is 3.19. The number of amides is 3. The molecule has 1 saturated heterocycles. The van der Waals surface area contributed by atoms with Crippen molar-refractivity contribution in [2.75, 3.05) is 4.90 Å². The molecule has 3 amide bonds. The molecule has 0 unspecified atom stereocenters. The third-order valence-electron chi connectivity index (χ3n) is 6.15. The molecule has 9 heteroatoms. The summed E-state index contributed by atoms with van der Waals surface area (Å²) in [6.45, 7) is 3.65. The van der Waals surface area contributed by atoms with Crippen LogP contribution in [0.25, 0.3) is 10.9 Å². The normalized spacial score (nSPS) is 20.4. The van der Waals surface area contributed by atoms with Gasteiger partial charge in [0.15, 0.2) is 0 Å². The van der Waals surface area contributed by atoms with Crippen molar-refractivity contribution in [2.24, 2.45) is 0 Å². The van der Waals surface area contributed by atoms with Crippen molar-refractivity contribution < 1.29 is 22.8 Å². The lowest BCUT2D eigenvalue weighted by molar-refractivity contribution is -0.137. The SMILES string of the molecule is CC1(C)c2[nH]c3ccccc3c2C[C@@H]2C(=O)N(c3ccc(Cl)c(C(F)(F)F)c3)C(=O)N21. The van der Waals surface area contributed by atoms with Gasteiger partial charge in [-0.2, -0.15) is 13.2 Å². The maximum atomic E-state index is 13.3. The van der Waals surface area contributed by atoms with Crippen LogP contribution in [0.1, 0.15) is 30.7 Å². The van der Waals surface area contributed by atoms with Gasteiger partial charge in [0.2, 0.25) is 0 Å². The van der Waals surface area contributed by atoms with Gasteiger partial charge in [-0.15, -0.1) is 0 Å². The minimum Gasteiger partial charge on any atom is -0.356 e. The summed E-state index contributed by atoms with van der Waals surface area (Å²) in [5, 5.41) is 0.477. The van der Waals surface area contributed by atoms with Crippen LogP contribution in [-0.4, -0.2) is 27.9 Å². The lowest BCUT2D eigenvalue weighted by atomic mass is 9.85. The maximum Gasteiger partial charge on any atom is 0.417 e. The van der Waals surface area contributed by atoms with Gasteiger partial charge in [-0.3, -0.25) is 4.79 Å². The number of aromatic nitrogens is 1. The van der Waals surface area contributed by atoms with E-state index in [1.165, 1.54) is 11.0 Å².